The van der Waals surface area contributed by atoms with E-state index >= 15 is 0 Å². The van der Waals surface area contributed by atoms with Gasteiger partial charge in [-0.2, -0.15) is 0 Å². The molecule has 4 rings (SSSR count). The molecule has 4 aromatic rings. The van der Waals surface area contributed by atoms with Crippen molar-refractivity contribution in [1.29, 1.82) is 0 Å². The fraction of sp³-hybridized carbons (Fsp3) is 0.182. The summed E-state index contributed by atoms with van der Waals surface area (Å²) in [5, 5.41) is 3.37. The quantitative estimate of drug-likeness (QED) is 0.318. The molecule has 3 heterocycles. The number of aromatic nitrogens is 2. The molecule has 0 saturated carbocycles. The number of anilines is 1. The number of halogens is 1. The van der Waals surface area contributed by atoms with E-state index in [9.17, 15) is 4.39 Å². The first-order valence-electron chi connectivity index (χ1n) is 9.41. The minimum atomic E-state index is -0.499. The Hall–Kier alpha value is -3.03. The standard InChI is InChI=1S/C22H21FN4OS/c1-2-8-25-12-14-3-5-17(27-13-14)21-11-18-22(29-21)20(7-9-26-18)28-19-6-4-15(24)10-16(19)23/h3-7,9-11,13,25H,2,8,12,24H2,1H3. The van der Waals surface area contributed by atoms with Gasteiger partial charge in [-0.25, -0.2) is 4.39 Å². The van der Waals surface area contributed by atoms with Crippen LogP contribution in [0.25, 0.3) is 20.8 Å². The number of nitrogens with two attached hydrogens (primary N) is 1. The molecule has 1 aromatic carbocycles. The number of fused-ring (bicyclic) bond motifs is 1. The molecular formula is C22H21FN4OS. The van der Waals surface area contributed by atoms with Crippen LogP contribution in [0.1, 0.15) is 18.9 Å². The molecule has 0 amide bonds. The summed E-state index contributed by atoms with van der Waals surface area (Å²) in [4.78, 5) is 9.98. The van der Waals surface area contributed by atoms with Gasteiger partial charge < -0.3 is 15.8 Å². The van der Waals surface area contributed by atoms with Gasteiger partial charge in [0.1, 0.15) is 5.75 Å². The fourth-order valence-corrected chi connectivity index (χ4v) is 3.97. The molecule has 0 fully saturated rings. The highest BCUT2D eigenvalue weighted by Crippen LogP contribution is 2.39. The number of ether oxygens (including phenoxy) is 1. The predicted octanol–water partition coefficient (Wildman–Crippen LogP) is 5.37. The van der Waals surface area contributed by atoms with Crippen molar-refractivity contribution < 1.29 is 9.13 Å². The molecule has 0 unspecified atom stereocenters. The normalized spacial score (nSPS) is 11.1. The van der Waals surface area contributed by atoms with Crippen molar-refractivity contribution in [1.82, 2.24) is 15.3 Å². The molecular weight excluding hydrogens is 387 g/mol. The third-order valence-electron chi connectivity index (χ3n) is 4.38. The predicted molar refractivity (Wildman–Crippen MR) is 116 cm³/mol. The van der Waals surface area contributed by atoms with Gasteiger partial charge in [-0.1, -0.05) is 13.0 Å². The summed E-state index contributed by atoms with van der Waals surface area (Å²) < 4.78 is 20.8. The highest BCUT2D eigenvalue weighted by atomic mass is 32.1. The second-order valence-corrected chi connectivity index (χ2v) is 7.71. The van der Waals surface area contributed by atoms with Gasteiger partial charge in [0.25, 0.3) is 0 Å². The Morgan fingerprint density at radius 1 is 1.10 bits per heavy atom. The van der Waals surface area contributed by atoms with E-state index in [0.717, 1.165) is 45.9 Å². The highest BCUT2D eigenvalue weighted by molar-refractivity contribution is 7.22. The topological polar surface area (TPSA) is 73.1 Å². The van der Waals surface area contributed by atoms with Crippen molar-refractivity contribution in [3.05, 3.63) is 66.2 Å². The second-order valence-electron chi connectivity index (χ2n) is 6.65. The lowest BCUT2D eigenvalue weighted by molar-refractivity contribution is 0.447. The zero-order valence-electron chi connectivity index (χ0n) is 16.0. The third-order valence-corrected chi connectivity index (χ3v) is 5.55. The summed E-state index contributed by atoms with van der Waals surface area (Å²) in [5.41, 5.74) is 8.76. The van der Waals surface area contributed by atoms with Crippen LogP contribution in [0.5, 0.6) is 11.5 Å². The Labute approximate surface area is 172 Å². The summed E-state index contributed by atoms with van der Waals surface area (Å²) in [6.45, 7) is 3.94. The largest absolute Gasteiger partial charge is 0.453 e. The van der Waals surface area contributed by atoms with Gasteiger partial charge in [0.2, 0.25) is 0 Å². The molecule has 0 aliphatic heterocycles. The van der Waals surface area contributed by atoms with Crippen LogP contribution in [-0.2, 0) is 6.54 Å². The number of nitrogens with zero attached hydrogens (tertiary/aromatic N) is 2. The number of pyridine rings is 2. The lowest BCUT2D eigenvalue weighted by atomic mass is 10.2. The summed E-state index contributed by atoms with van der Waals surface area (Å²) in [7, 11) is 0. The SMILES string of the molecule is CCCNCc1ccc(-c2cc3nccc(Oc4ccc(N)cc4F)c3s2)nc1. The van der Waals surface area contributed by atoms with Crippen LogP contribution in [0.2, 0.25) is 0 Å². The van der Waals surface area contributed by atoms with Crippen LogP contribution in [-0.4, -0.2) is 16.5 Å². The van der Waals surface area contributed by atoms with Crippen LogP contribution in [0.15, 0.2) is 54.9 Å². The minimum absolute atomic E-state index is 0.128. The smallest absolute Gasteiger partial charge is 0.167 e. The maximum Gasteiger partial charge on any atom is 0.167 e. The Bertz CT molecular complexity index is 1130. The summed E-state index contributed by atoms with van der Waals surface area (Å²) >= 11 is 1.52. The zero-order valence-corrected chi connectivity index (χ0v) is 16.8. The Morgan fingerprint density at radius 2 is 2.00 bits per heavy atom. The van der Waals surface area contributed by atoms with Gasteiger partial charge in [0.05, 0.1) is 20.8 Å². The average Bonchev–Trinajstić information content (AvgIpc) is 3.16. The molecule has 3 N–H and O–H groups in total. The number of rotatable bonds is 7. The number of nitrogens with one attached hydrogen (secondary N) is 1. The van der Waals surface area contributed by atoms with E-state index < -0.39 is 5.82 Å². The van der Waals surface area contributed by atoms with Crippen LogP contribution < -0.4 is 15.8 Å². The monoisotopic (exact) mass is 408 g/mol. The number of thiophene rings is 1. The van der Waals surface area contributed by atoms with Crippen molar-refractivity contribution in [2.75, 3.05) is 12.3 Å². The van der Waals surface area contributed by atoms with E-state index in [1.807, 2.05) is 18.3 Å². The lowest BCUT2D eigenvalue weighted by Crippen LogP contribution is -2.13. The minimum Gasteiger partial charge on any atom is -0.453 e. The van der Waals surface area contributed by atoms with Gasteiger partial charge in [0.15, 0.2) is 11.6 Å². The van der Waals surface area contributed by atoms with Crippen molar-refractivity contribution >= 4 is 27.2 Å². The maximum atomic E-state index is 14.1. The van der Waals surface area contributed by atoms with E-state index in [0.29, 0.717) is 11.4 Å². The molecule has 148 valence electrons. The molecule has 0 spiro atoms. The first kappa shape index (κ1) is 19.3. The Kier molecular flexibility index (Phi) is 5.69. The van der Waals surface area contributed by atoms with Crippen LogP contribution in [0, 0.1) is 5.82 Å². The first-order valence-corrected chi connectivity index (χ1v) is 10.2. The van der Waals surface area contributed by atoms with Crippen LogP contribution in [0.4, 0.5) is 10.1 Å². The molecule has 0 atom stereocenters. The van der Waals surface area contributed by atoms with E-state index in [-0.39, 0.29) is 5.75 Å². The fourth-order valence-electron chi connectivity index (χ4n) is 2.92. The average molecular weight is 409 g/mol. The number of hydrogen-bond donors (Lipinski definition) is 2. The van der Waals surface area contributed by atoms with Gasteiger partial charge in [-0.05, 0) is 42.8 Å². The lowest BCUT2D eigenvalue weighted by Gasteiger charge is -2.07. The van der Waals surface area contributed by atoms with E-state index in [2.05, 4.69) is 28.3 Å². The van der Waals surface area contributed by atoms with Crippen molar-refractivity contribution in [3.63, 3.8) is 0 Å². The maximum absolute atomic E-state index is 14.1. The summed E-state index contributed by atoms with van der Waals surface area (Å²) in [6, 6.07) is 12.2. The molecule has 0 aliphatic rings. The van der Waals surface area contributed by atoms with E-state index in [1.165, 1.54) is 23.5 Å². The highest BCUT2D eigenvalue weighted by Gasteiger charge is 2.13. The molecule has 3 aromatic heterocycles. The number of hydrogen-bond acceptors (Lipinski definition) is 6. The Balaban J connectivity index is 1.60. The van der Waals surface area contributed by atoms with Crippen molar-refractivity contribution in [3.8, 4) is 22.1 Å². The van der Waals surface area contributed by atoms with E-state index in [4.69, 9.17) is 10.5 Å². The zero-order chi connectivity index (χ0) is 20.2. The van der Waals surface area contributed by atoms with Crippen LogP contribution >= 0.6 is 11.3 Å². The van der Waals surface area contributed by atoms with Gasteiger partial charge in [0, 0.05) is 36.8 Å². The van der Waals surface area contributed by atoms with Gasteiger partial charge >= 0.3 is 0 Å². The molecule has 0 aliphatic carbocycles. The number of nitrogen functional groups attached to an aromatic ring is 1. The second kappa shape index (κ2) is 8.55. The van der Waals surface area contributed by atoms with Gasteiger partial charge in [-0.15, -0.1) is 11.3 Å². The summed E-state index contributed by atoms with van der Waals surface area (Å²) in [5.74, 6) is 0.180. The Morgan fingerprint density at radius 3 is 2.76 bits per heavy atom. The van der Waals surface area contributed by atoms with Crippen molar-refractivity contribution in [2.45, 2.75) is 19.9 Å². The molecule has 0 radical (unpaired) electrons. The molecule has 0 saturated heterocycles. The summed E-state index contributed by atoms with van der Waals surface area (Å²) in [6.07, 6.45) is 4.64. The van der Waals surface area contributed by atoms with Gasteiger partial charge in [-0.3, -0.25) is 9.97 Å². The first-order chi connectivity index (χ1) is 14.1. The third kappa shape index (κ3) is 4.36. The molecule has 7 heteroatoms. The number of benzene rings is 1. The van der Waals surface area contributed by atoms with Crippen LogP contribution in [0.3, 0.4) is 0 Å². The van der Waals surface area contributed by atoms with Crippen molar-refractivity contribution in [2.24, 2.45) is 0 Å². The van der Waals surface area contributed by atoms with E-state index in [1.54, 1.807) is 18.3 Å². The molecule has 29 heavy (non-hydrogen) atoms. The molecule has 5 nitrogen and oxygen atoms in total. The molecule has 0 bridgehead atoms.